The molecule has 1 fully saturated rings. The molecule has 4 rings (SSSR count). The van der Waals surface area contributed by atoms with Crippen molar-refractivity contribution >= 4 is 17.5 Å². The fourth-order valence-electron chi connectivity index (χ4n) is 3.64. The number of amides is 2. The van der Waals surface area contributed by atoms with Crippen molar-refractivity contribution < 1.29 is 18.7 Å². The van der Waals surface area contributed by atoms with Crippen molar-refractivity contribution in [2.75, 3.05) is 18.1 Å². The Kier molecular flexibility index (Phi) is 5.97. The van der Waals surface area contributed by atoms with E-state index >= 15 is 0 Å². The van der Waals surface area contributed by atoms with Gasteiger partial charge >= 0.3 is 0 Å². The lowest BCUT2D eigenvalue weighted by atomic mass is 10.1. The molecular formula is C23H23FN4O3. The second-order valence-electron chi connectivity index (χ2n) is 7.35. The third-order valence-corrected chi connectivity index (χ3v) is 5.23. The van der Waals surface area contributed by atoms with Crippen LogP contribution in [-0.2, 0) is 16.6 Å². The molecule has 31 heavy (non-hydrogen) atoms. The predicted octanol–water partition coefficient (Wildman–Crippen LogP) is 2.97. The van der Waals surface area contributed by atoms with Crippen LogP contribution in [0.5, 0.6) is 5.75 Å². The van der Waals surface area contributed by atoms with Crippen molar-refractivity contribution in [1.82, 2.24) is 14.9 Å². The lowest BCUT2D eigenvalue weighted by Crippen LogP contribution is -2.35. The van der Waals surface area contributed by atoms with Crippen LogP contribution in [0.2, 0.25) is 0 Å². The summed E-state index contributed by atoms with van der Waals surface area (Å²) in [5, 5.41) is 2.81. The van der Waals surface area contributed by atoms with Crippen molar-refractivity contribution in [3.05, 3.63) is 78.1 Å². The van der Waals surface area contributed by atoms with Gasteiger partial charge < -0.3 is 19.5 Å². The van der Waals surface area contributed by atoms with Crippen LogP contribution in [0.4, 0.5) is 10.1 Å². The second-order valence-corrected chi connectivity index (χ2v) is 7.35. The molecule has 1 aromatic heterocycles. The predicted molar refractivity (Wildman–Crippen MR) is 113 cm³/mol. The average molecular weight is 422 g/mol. The minimum Gasteiger partial charge on any atom is -0.484 e. The number of carbonyl (C=O) groups excluding carboxylic acids is 2. The summed E-state index contributed by atoms with van der Waals surface area (Å²) in [6, 6.07) is 12.6. The molecule has 0 spiro atoms. The monoisotopic (exact) mass is 422 g/mol. The van der Waals surface area contributed by atoms with Crippen LogP contribution < -0.4 is 15.0 Å². The van der Waals surface area contributed by atoms with Gasteiger partial charge in [-0.05, 0) is 36.8 Å². The van der Waals surface area contributed by atoms with E-state index in [1.807, 2.05) is 0 Å². The summed E-state index contributed by atoms with van der Waals surface area (Å²) < 4.78 is 21.7. The molecule has 0 radical (unpaired) electrons. The van der Waals surface area contributed by atoms with Crippen molar-refractivity contribution in [1.29, 1.82) is 0 Å². The molecule has 8 heteroatoms. The van der Waals surface area contributed by atoms with E-state index in [2.05, 4.69) is 10.3 Å². The largest absolute Gasteiger partial charge is 0.484 e. The number of imidazole rings is 1. The number of hydrogen-bond acceptors (Lipinski definition) is 4. The molecule has 3 aromatic rings. The van der Waals surface area contributed by atoms with Crippen LogP contribution in [0, 0.1) is 5.82 Å². The Bertz CT molecular complexity index is 1080. The number of aryl methyl sites for hydroxylation is 1. The molecule has 2 amide bonds. The number of rotatable bonds is 7. The molecule has 160 valence electrons. The third kappa shape index (κ3) is 4.58. The summed E-state index contributed by atoms with van der Waals surface area (Å²) in [5.41, 5.74) is 1.14. The number of ether oxygens (including phenoxy) is 1. The first-order chi connectivity index (χ1) is 15.0. The quantitative estimate of drug-likeness (QED) is 0.635. The van der Waals surface area contributed by atoms with Crippen molar-refractivity contribution in [2.24, 2.45) is 7.05 Å². The van der Waals surface area contributed by atoms with Gasteiger partial charge in [0, 0.05) is 43.7 Å². The van der Waals surface area contributed by atoms with E-state index in [1.54, 1.807) is 71.4 Å². The number of aromatic nitrogens is 2. The molecule has 1 atom stereocenters. The number of benzene rings is 2. The molecule has 1 N–H and O–H groups in total. The topological polar surface area (TPSA) is 76.5 Å². The summed E-state index contributed by atoms with van der Waals surface area (Å²) in [4.78, 5) is 30.4. The first kappa shape index (κ1) is 20.6. The minimum absolute atomic E-state index is 0.113. The Morgan fingerprint density at radius 2 is 2.00 bits per heavy atom. The number of nitrogens with zero attached hydrogens (tertiary/aromatic N) is 3. The number of halogens is 1. The highest BCUT2D eigenvalue weighted by Gasteiger charge is 2.24. The summed E-state index contributed by atoms with van der Waals surface area (Å²) in [6.45, 7) is 0.476. The van der Waals surface area contributed by atoms with Gasteiger partial charge in [0.2, 0.25) is 5.91 Å². The molecule has 0 aliphatic carbocycles. The maximum atomic E-state index is 14.4. The standard InChI is InChI=1S/C23H23FN4O3/c1-27-14-12-25-23(27)22(18-5-2-3-6-19(18)24)26-20(29)15-31-17-10-8-16(9-11-17)28-13-4-7-21(28)30/h2-3,5-6,8-12,14,22H,4,7,13,15H2,1H3,(H,26,29)/t22-/m1/s1. The zero-order valence-electron chi connectivity index (χ0n) is 17.1. The van der Waals surface area contributed by atoms with Crippen molar-refractivity contribution in [2.45, 2.75) is 18.9 Å². The van der Waals surface area contributed by atoms with E-state index in [1.165, 1.54) is 6.07 Å². The van der Waals surface area contributed by atoms with E-state index in [9.17, 15) is 14.0 Å². The molecule has 1 saturated heterocycles. The van der Waals surface area contributed by atoms with Gasteiger partial charge in [0.25, 0.3) is 5.91 Å². The van der Waals surface area contributed by atoms with E-state index in [4.69, 9.17) is 4.74 Å². The lowest BCUT2D eigenvalue weighted by molar-refractivity contribution is -0.123. The Labute approximate surface area is 179 Å². The zero-order valence-corrected chi connectivity index (χ0v) is 17.1. The number of carbonyl (C=O) groups is 2. The maximum Gasteiger partial charge on any atom is 0.258 e. The Hall–Kier alpha value is -3.68. The van der Waals surface area contributed by atoms with Gasteiger partial charge in [0.1, 0.15) is 23.4 Å². The average Bonchev–Trinajstić information content (AvgIpc) is 3.39. The molecule has 2 heterocycles. The number of anilines is 1. The van der Waals surface area contributed by atoms with Crippen LogP contribution in [0.15, 0.2) is 60.9 Å². The van der Waals surface area contributed by atoms with Gasteiger partial charge in [-0.15, -0.1) is 0 Å². The fraction of sp³-hybridized carbons (Fsp3) is 0.261. The summed E-state index contributed by atoms with van der Waals surface area (Å²) >= 11 is 0. The van der Waals surface area contributed by atoms with Gasteiger partial charge in [-0.25, -0.2) is 9.37 Å². The highest BCUT2D eigenvalue weighted by Crippen LogP contribution is 2.25. The zero-order chi connectivity index (χ0) is 21.8. The van der Waals surface area contributed by atoms with Gasteiger partial charge in [-0.3, -0.25) is 9.59 Å². The van der Waals surface area contributed by atoms with Crippen molar-refractivity contribution in [3.8, 4) is 5.75 Å². The highest BCUT2D eigenvalue weighted by atomic mass is 19.1. The number of nitrogens with one attached hydrogen (secondary N) is 1. The minimum atomic E-state index is -0.749. The van der Waals surface area contributed by atoms with Gasteiger partial charge in [0.05, 0.1) is 0 Å². The van der Waals surface area contributed by atoms with Crippen molar-refractivity contribution in [3.63, 3.8) is 0 Å². The normalized spacial score (nSPS) is 14.5. The molecule has 0 bridgehead atoms. The molecule has 1 aliphatic heterocycles. The first-order valence-electron chi connectivity index (χ1n) is 10.1. The highest BCUT2D eigenvalue weighted by molar-refractivity contribution is 5.95. The lowest BCUT2D eigenvalue weighted by Gasteiger charge is -2.20. The molecule has 0 saturated carbocycles. The van der Waals surface area contributed by atoms with Crippen LogP contribution in [0.1, 0.15) is 30.3 Å². The van der Waals surface area contributed by atoms with Crippen LogP contribution in [0.3, 0.4) is 0 Å². The first-order valence-corrected chi connectivity index (χ1v) is 10.1. The Morgan fingerprint density at radius 3 is 2.65 bits per heavy atom. The van der Waals surface area contributed by atoms with Gasteiger partial charge in [-0.1, -0.05) is 18.2 Å². The Balaban J connectivity index is 1.42. The molecule has 1 aliphatic rings. The summed E-state index contributed by atoms with van der Waals surface area (Å²) in [5.74, 6) is 0.295. The molecule has 2 aromatic carbocycles. The van der Waals surface area contributed by atoms with Crippen LogP contribution >= 0.6 is 0 Å². The number of hydrogen-bond donors (Lipinski definition) is 1. The smallest absolute Gasteiger partial charge is 0.258 e. The summed E-state index contributed by atoms with van der Waals surface area (Å²) in [6.07, 6.45) is 4.75. The summed E-state index contributed by atoms with van der Waals surface area (Å²) in [7, 11) is 1.78. The molecule has 0 unspecified atom stereocenters. The van der Waals surface area contributed by atoms with E-state index < -0.39 is 17.8 Å². The molecular weight excluding hydrogens is 399 g/mol. The SMILES string of the molecule is Cn1ccnc1[C@H](NC(=O)COc1ccc(N2CCCC2=O)cc1)c1ccccc1F. The van der Waals surface area contributed by atoms with E-state index in [0.29, 0.717) is 30.1 Å². The fourth-order valence-corrected chi connectivity index (χ4v) is 3.64. The van der Waals surface area contributed by atoms with E-state index in [0.717, 1.165) is 12.1 Å². The van der Waals surface area contributed by atoms with Gasteiger partial charge in [0.15, 0.2) is 6.61 Å². The third-order valence-electron chi connectivity index (χ3n) is 5.23. The van der Waals surface area contributed by atoms with Crippen LogP contribution in [-0.4, -0.2) is 34.5 Å². The maximum absolute atomic E-state index is 14.4. The van der Waals surface area contributed by atoms with E-state index in [-0.39, 0.29) is 12.5 Å². The van der Waals surface area contributed by atoms with Crippen LogP contribution in [0.25, 0.3) is 0 Å². The van der Waals surface area contributed by atoms with Gasteiger partial charge in [-0.2, -0.15) is 0 Å². The Morgan fingerprint density at radius 1 is 1.23 bits per heavy atom. The second kappa shape index (κ2) is 8.99. The molecule has 7 nitrogen and oxygen atoms in total.